The minimum atomic E-state index is -2.98. The van der Waals surface area contributed by atoms with Crippen molar-refractivity contribution in [2.75, 3.05) is 6.54 Å². The van der Waals surface area contributed by atoms with Gasteiger partial charge in [0.15, 0.2) is 9.84 Å². The lowest BCUT2D eigenvalue weighted by molar-refractivity contribution is 0.559. The summed E-state index contributed by atoms with van der Waals surface area (Å²) in [5, 5.41) is -0.613. The van der Waals surface area contributed by atoms with Crippen LogP contribution >= 0.6 is 0 Å². The van der Waals surface area contributed by atoms with E-state index in [0.717, 1.165) is 0 Å². The minimum Gasteiger partial charge on any atom is -0.329 e. The summed E-state index contributed by atoms with van der Waals surface area (Å²) in [7, 11) is -2.98. The van der Waals surface area contributed by atoms with Crippen molar-refractivity contribution < 1.29 is 8.42 Å². The van der Waals surface area contributed by atoms with Crippen molar-refractivity contribution in [2.45, 2.75) is 44.1 Å². The van der Waals surface area contributed by atoms with Gasteiger partial charge in [-0.15, -0.1) is 0 Å². The van der Waals surface area contributed by atoms with Crippen LogP contribution in [0.4, 0.5) is 0 Å². The Kier molecular flexibility index (Phi) is 4.78. The van der Waals surface area contributed by atoms with E-state index in [0.29, 0.717) is 12.8 Å². The molecular formula is C8H19NO2S. The molecule has 0 spiro atoms. The summed E-state index contributed by atoms with van der Waals surface area (Å²) in [5.41, 5.74) is 5.33. The SMILES string of the molecule is CCC(CC)S(=O)(=O)C(C)CN. The lowest BCUT2D eigenvalue weighted by atomic mass is 10.3. The van der Waals surface area contributed by atoms with E-state index < -0.39 is 15.1 Å². The largest absolute Gasteiger partial charge is 0.329 e. The van der Waals surface area contributed by atoms with Gasteiger partial charge in [-0.25, -0.2) is 8.42 Å². The molecule has 0 aliphatic heterocycles. The highest BCUT2D eigenvalue weighted by molar-refractivity contribution is 7.92. The second-order valence-electron chi connectivity index (χ2n) is 3.07. The van der Waals surface area contributed by atoms with Crippen LogP contribution in [0, 0.1) is 0 Å². The van der Waals surface area contributed by atoms with Gasteiger partial charge in [0, 0.05) is 6.54 Å². The van der Waals surface area contributed by atoms with E-state index in [1.807, 2.05) is 13.8 Å². The maximum atomic E-state index is 11.6. The highest BCUT2D eigenvalue weighted by Gasteiger charge is 2.27. The molecule has 0 aromatic heterocycles. The van der Waals surface area contributed by atoms with Crippen LogP contribution in [0.5, 0.6) is 0 Å². The number of rotatable bonds is 5. The summed E-state index contributed by atoms with van der Waals surface area (Å²) in [4.78, 5) is 0. The maximum Gasteiger partial charge on any atom is 0.156 e. The van der Waals surface area contributed by atoms with Crippen LogP contribution in [0.25, 0.3) is 0 Å². The zero-order valence-corrected chi connectivity index (χ0v) is 8.89. The van der Waals surface area contributed by atoms with E-state index >= 15 is 0 Å². The van der Waals surface area contributed by atoms with Crippen LogP contribution in [0.2, 0.25) is 0 Å². The van der Waals surface area contributed by atoms with Crippen LogP contribution < -0.4 is 5.73 Å². The lowest BCUT2D eigenvalue weighted by Gasteiger charge is -2.18. The van der Waals surface area contributed by atoms with E-state index in [9.17, 15) is 8.42 Å². The molecule has 0 bridgehead atoms. The van der Waals surface area contributed by atoms with Gasteiger partial charge in [0.1, 0.15) is 0 Å². The molecule has 74 valence electrons. The fraction of sp³-hybridized carbons (Fsp3) is 1.00. The Morgan fingerprint density at radius 1 is 1.25 bits per heavy atom. The molecule has 0 rings (SSSR count). The zero-order chi connectivity index (χ0) is 9.78. The summed E-state index contributed by atoms with van der Waals surface area (Å²) in [6.07, 6.45) is 1.37. The van der Waals surface area contributed by atoms with Crippen LogP contribution in [0.1, 0.15) is 33.6 Å². The molecule has 0 aromatic rings. The lowest BCUT2D eigenvalue weighted by Crippen LogP contribution is -2.34. The molecule has 2 N–H and O–H groups in total. The maximum absolute atomic E-state index is 11.6. The highest BCUT2D eigenvalue weighted by atomic mass is 32.2. The van der Waals surface area contributed by atoms with Crippen LogP contribution in [0.3, 0.4) is 0 Å². The summed E-state index contributed by atoms with van der Waals surface area (Å²) in [5.74, 6) is 0. The molecule has 0 heterocycles. The van der Waals surface area contributed by atoms with Gasteiger partial charge in [-0.05, 0) is 19.8 Å². The quantitative estimate of drug-likeness (QED) is 0.707. The predicted molar refractivity (Wildman–Crippen MR) is 51.8 cm³/mol. The summed E-state index contributed by atoms with van der Waals surface area (Å²) < 4.78 is 23.3. The normalized spacial score (nSPS) is 15.1. The van der Waals surface area contributed by atoms with Crippen LogP contribution in [0.15, 0.2) is 0 Å². The standard InChI is InChI=1S/C8H19NO2S/c1-4-8(5-2)12(10,11)7(3)6-9/h7-8H,4-6,9H2,1-3H3. The molecule has 0 radical (unpaired) electrons. The van der Waals surface area contributed by atoms with Crippen molar-refractivity contribution >= 4 is 9.84 Å². The Morgan fingerprint density at radius 3 is 1.92 bits per heavy atom. The fourth-order valence-electron chi connectivity index (χ4n) is 1.22. The fourth-order valence-corrected chi connectivity index (χ4v) is 3.07. The third kappa shape index (κ3) is 2.45. The van der Waals surface area contributed by atoms with Gasteiger partial charge in [-0.3, -0.25) is 0 Å². The van der Waals surface area contributed by atoms with Crippen molar-refractivity contribution in [1.29, 1.82) is 0 Å². The topological polar surface area (TPSA) is 60.2 Å². The zero-order valence-electron chi connectivity index (χ0n) is 8.08. The first-order valence-electron chi connectivity index (χ1n) is 4.43. The highest BCUT2D eigenvalue weighted by Crippen LogP contribution is 2.14. The molecule has 0 amide bonds. The first kappa shape index (κ1) is 11.9. The van der Waals surface area contributed by atoms with Crippen molar-refractivity contribution in [3.05, 3.63) is 0 Å². The van der Waals surface area contributed by atoms with Gasteiger partial charge in [0.05, 0.1) is 10.5 Å². The Morgan fingerprint density at radius 2 is 1.67 bits per heavy atom. The van der Waals surface area contributed by atoms with Crippen molar-refractivity contribution in [3.63, 3.8) is 0 Å². The second-order valence-corrected chi connectivity index (χ2v) is 5.72. The molecule has 4 heteroatoms. The van der Waals surface area contributed by atoms with Gasteiger partial charge >= 0.3 is 0 Å². The Labute approximate surface area is 75.3 Å². The molecule has 3 nitrogen and oxygen atoms in total. The number of nitrogens with two attached hydrogens (primary N) is 1. The van der Waals surface area contributed by atoms with Gasteiger partial charge in [0.2, 0.25) is 0 Å². The van der Waals surface area contributed by atoms with Gasteiger partial charge in [-0.2, -0.15) is 0 Å². The first-order chi connectivity index (χ1) is 5.50. The third-order valence-corrected chi connectivity index (χ3v) is 5.18. The summed E-state index contributed by atoms with van der Waals surface area (Å²) in [6.45, 7) is 5.69. The smallest absolute Gasteiger partial charge is 0.156 e. The molecule has 0 aliphatic rings. The van der Waals surface area contributed by atoms with Gasteiger partial charge < -0.3 is 5.73 Å². The van der Waals surface area contributed by atoms with E-state index in [-0.39, 0.29) is 11.8 Å². The van der Waals surface area contributed by atoms with Crippen LogP contribution in [-0.4, -0.2) is 25.5 Å². The number of sulfone groups is 1. The Balaban J connectivity index is 4.58. The molecule has 1 atom stereocenters. The van der Waals surface area contributed by atoms with E-state index in [1.165, 1.54) is 0 Å². The number of hydrogen-bond acceptors (Lipinski definition) is 3. The average Bonchev–Trinajstić information content (AvgIpc) is 2.04. The molecule has 0 fully saturated rings. The third-order valence-electron chi connectivity index (χ3n) is 2.27. The molecular weight excluding hydrogens is 174 g/mol. The van der Waals surface area contributed by atoms with Crippen molar-refractivity contribution in [1.82, 2.24) is 0 Å². The number of hydrogen-bond donors (Lipinski definition) is 1. The van der Waals surface area contributed by atoms with E-state index in [2.05, 4.69) is 0 Å². The van der Waals surface area contributed by atoms with Crippen molar-refractivity contribution in [3.8, 4) is 0 Å². The van der Waals surface area contributed by atoms with Gasteiger partial charge in [0.25, 0.3) is 0 Å². The molecule has 0 aliphatic carbocycles. The Bertz CT molecular complexity index is 207. The molecule has 12 heavy (non-hydrogen) atoms. The summed E-state index contributed by atoms with van der Waals surface area (Å²) >= 11 is 0. The second kappa shape index (κ2) is 4.82. The first-order valence-corrected chi connectivity index (χ1v) is 6.04. The van der Waals surface area contributed by atoms with E-state index in [4.69, 9.17) is 5.73 Å². The van der Waals surface area contributed by atoms with Gasteiger partial charge in [-0.1, -0.05) is 13.8 Å². The average molecular weight is 193 g/mol. The molecule has 0 saturated carbocycles. The van der Waals surface area contributed by atoms with E-state index in [1.54, 1.807) is 6.92 Å². The predicted octanol–water partition coefficient (Wildman–Crippen LogP) is 0.937. The monoisotopic (exact) mass is 193 g/mol. The van der Waals surface area contributed by atoms with Crippen molar-refractivity contribution in [2.24, 2.45) is 5.73 Å². The minimum absolute atomic E-state index is 0.212. The van der Waals surface area contributed by atoms with Crippen LogP contribution in [-0.2, 0) is 9.84 Å². The molecule has 1 unspecified atom stereocenters. The molecule has 0 saturated heterocycles. The molecule has 0 aromatic carbocycles. The summed E-state index contributed by atoms with van der Waals surface area (Å²) in [6, 6.07) is 0. The Hall–Kier alpha value is -0.0900.